The van der Waals surface area contributed by atoms with E-state index < -0.39 is 0 Å². The lowest BCUT2D eigenvalue weighted by molar-refractivity contribution is 0.525. The monoisotopic (exact) mass is 279 g/mol. The normalized spacial score (nSPS) is 12.4. The van der Waals surface area contributed by atoms with Gasteiger partial charge in [-0.3, -0.25) is 0 Å². The number of hydrogen-bond donors (Lipinski definition) is 1. The largest absolute Gasteiger partial charge is 0.432 e. The first-order valence-corrected chi connectivity index (χ1v) is 6.57. The summed E-state index contributed by atoms with van der Waals surface area (Å²) < 4.78 is 5.49. The lowest BCUT2D eigenvalue weighted by Crippen LogP contribution is -2.22. The Bertz CT molecular complexity index is 524. The number of hydrogen-bond acceptors (Lipinski definition) is 4. The van der Waals surface area contributed by atoms with Gasteiger partial charge in [0.1, 0.15) is 6.26 Å². The summed E-state index contributed by atoms with van der Waals surface area (Å²) in [5.74, 6) is 0. The van der Waals surface area contributed by atoms with Crippen LogP contribution in [0.3, 0.4) is 0 Å². The van der Waals surface area contributed by atoms with Crippen LogP contribution in [0.25, 0.3) is 0 Å². The molecule has 5 heteroatoms. The Labute approximate surface area is 118 Å². The van der Waals surface area contributed by atoms with Crippen LogP contribution in [0, 0.1) is 0 Å². The first-order chi connectivity index (χ1) is 9.11. The van der Waals surface area contributed by atoms with E-state index in [0.717, 1.165) is 10.7 Å². The molecular weight excluding hydrogens is 262 g/mol. The Balaban J connectivity index is 2.13. The summed E-state index contributed by atoms with van der Waals surface area (Å²) in [4.78, 5) is 6.44. The van der Waals surface area contributed by atoms with Gasteiger partial charge in [-0.2, -0.15) is 4.98 Å². The van der Waals surface area contributed by atoms with Gasteiger partial charge in [0.05, 0.1) is 11.7 Å². The van der Waals surface area contributed by atoms with Crippen molar-refractivity contribution in [2.45, 2.75) is 19.5 Å². The number of nitrogens with zero attached hydrogens (tertiary/aromatic N) is 2. The fourth-order valence-electron chi connectivity index (χ4n) is 1.85. The Kier molecular flexibility index (Phi) is 4.45. The van der Waals surface area contributed by atoms with Gasteiger partial charge in [0.15, 0.2) is 0 Å². The maximum absolute atomic E-state index is 5.90. The minimum Gasteiger partial charge on any atom is -0.432 e. The van der Waals surface area contributed by atoms with Crippen molar-refractivity contribution in [2.24, 2.45) is 0 Å². The van der Waals surface area contributed by atoms with Crippen molar-refractivity contribution in [2.75, 3.05) is 19.0 Å². The molecule has 19 heavy (non-hydrogen) atoms. The van der Waals surface area contributed by atoms with Gasteiger partial charge in [0.25, 0.3) is 6.01 Å². The van der Waals surface area contributed by atoms with E-state index >= 15 is 0 Å². The molecule has 1 atom stereocenters. The number of rotatable bonds is 5. The quantitative estimate of drug-likeness (QED) is 0.912. The van der Waals surface area contributed by atoms with Crippen molar-refractivity contribution in [3.05, 3.63) is 46.8 Å². The van der Waals surface area contributed by atoms with Gasteiger partial charge in [-0.1, -0.05) is 23.7 Å². The molecular formula is C14H18ClN3O. The van der Waals surface area contributed by atoms with Gasteiger partial charge in [0.2, 0.25) is 0 Å². The van der Waals surface area contributed by atoms with Crippen molar-refractivity contribution in [1.29, 1.82) is 0 Å². The second-order valence-electron chi connectivity index (χ2n) is 4.49. The van der Waals surface area contributed by atoms with E-state index in [4.69, 9.17) is 16.0 Å². The average Bonchev–Trinajstić information content (AvgIpc) is 2.87. The fourth-order valence-corrected chi connectivity index (χ4v) is 1.98. The fraction of sp³-hybridized carbons (Fsp3) is 0.357. The van der Waals surface area contributed by atoms with Crippen LogP contribution >= 0.6 is 11.6 Å². The number of halogens is 1. The Morgan fingerprint density at radius 3 is 2.68 bits per heavy atom. The van der Waals surface area contributed by atoms with E-state index in [1.165, 1.54) is 5.56 Å². The van der Waals surface area contributed by atoms with Crippen molar-refractivity contribution < 1.29 is 4.42 Å². The number of oxazole rings is 1. The molecule has 4 nitrogen and oxygen atoms in total. The van der Waals surface area contributed by atoms with Gasteiger partial charge in [-0.15, -0.1) is 0 Å². The van der Waals surface area contributed by atoms with Crippen LogP contribution < -0.4 is 10.2 Å². The van der Waals surface area contributed by atoms with Crippen LogP contribution in [0.2, 0.25) is 5.02 Å². The smallest absolute Gasteiger partial charge is 0.297 e. The van der Waals surface area contributed by atoms with Crippen molar-refractivity contribution in [1.82, 2.24) is 10.3 Å². The summed E-state index contributed by atoms with van der Waals surface area (Å²) in [6.07, 6.45) is 1.68. The highest BCUT2D eigenvalue weighted by molar-refractivity contribution is 6.30. The molecule has 0 bridgehead atoms. The first-order valence-electron chi connectivity index (χ1n) is 6.19. The summed E-state index contributed by atoms with van der Waals surface area (Å²) in [5, 5.41) is 3.79. The maximum Gasteiger partial charge on any atom is 0.297 e. The van der Waals surface area contributed by atoms with Crippen molar-refractivity contribution >= 4 is 17.6 Å². The molecule has 0 saturated heterocycles. The molecule has 0 fully saturated rings. The third-order valence-corrected chi connectivity index (χ3v) is 3.38. The summed E-state index contributed by atoms with van der Waals surface area (Å²) >= 11 is 5.90. The highest BCUT2D eigenvalue weighted by Crippen LogP contribution is 2.25. The zero-order chi connectivity index (χ0) is 13.8. The Morgan fingerprint density at radius 2 is 2.05 bits per heavy atom. The molecule has 0 aliphatic heterocycles. The average molecular weight is 280 g/mol. The number of anilines is 1. The Hall–Kier alpha value is -1.52. The van der Waals surface area contributed by atoms with E-state index in [0.29, 0.717) is 12.6 Å². The molecule has 1 heterocycles. The Morgan fingerprint density at radius 1 is 1.37 bits per heavy atom. The number of aromatic nitrogens is 1. The third kappa shape index (κ3) is 3.28. The SMILES string of the molecule is CNCc1coc(N(C)C(C)c2ccc(Cl)cc2)n1. The molecule has 0 aliphatic carbocycles. The topological polar surface area (TPSA) is 41.3 Å². The van der Waals surface area contributed by atoms with Gasteiger partial charge >= 0.3 is 0 Å². The third-order valence-electron chi connectivity index (χ3n) is 3.13. The standard InChI is InChI=1S/C14H18ClN3O/c1-10(11-4-6-12(15)7-5-11)18(3)14-17-13(8-16-2)9-19-14/h4-7,9-10,16H,8H2,1-3H3. The predicted molar refractivity (Wildman–Crippen MR) is 77.5 cm³/mol. The van der Waals surface area contributed by atoms with E-state index in [1.54, 1.807) is 6.26 Å². The van der Waals surface area contributed by atoms with Gasteiger partial charge in [-0.25, -0.2) is 0 Å². The molecule has 0 amide bonds. The second kappa shape index (κ2) is 6.08. The molecule has 1 aromatic heterocycles. The molecule has 0 radical (unpaired) electrons. The number of nitrogens with one attached hydrogen (secondary N) is 1. The molecule has 0 spiro atoms. The maximum atomic E-state index is 5.90. The summed E-state index contributed by atoms with van der Waals surface area (Å²) in [7, 11) is 3.85. The minimum atomic E-state index is 0.165. The summed E-state index contributed by atoms with van der Waals surface area (Å²) in [6, 6.07) is 8.60. The lowest BCUT2D eigenvalue weighted by atomic mass is 10.1. The van der Waals surface area contributed by atoms with E-state index in [9.17, 15) is 0 Å². The van der Waals surface area contributed by atoms with E-state index in [2.05, 4.69) is 17.2 Å². The van der Waals surface area contributed by atoms with Gasteiger partial charge in [-0.05, 0) is 31.7 Å². The second-order valence-corrected chi connectivity index (χ2v) is 4.93. The van der Waals surface area contributed by atoms with E-state index in [-0.39, 0.29) is 6.04 Å². The predicted octanol–water partition coefficient (Wildman–Crippen LogP) is 3.24. The summed E-state index contributed by atoms with van der Waals surface area (Å²) in [6.45, 7) is 2.80. The minimum absolute atomic E-state index is 0.165. The number of benzene rings is 1. The molecule has 0 aliphatic rings. The molecule has 1 unspecified atom stereocenters. The zero-order valence-corrected chi connectivity index (χ0v) is 12.1. The molecule has 2 rings (SSSR count). The first kappa shape index (κ1) is 13.9. The van der Waals surface area contributed by atoms with Crippen LogP contribution in [0.1, 0.15) is 24.2 Å². The van der Waals surface area contributed by atoms with Crippen LogP contribution in [0.15, 0.2) is 34.9 Å². The van der Waals surface area contributed by atoms with Crippen molar-refractivity contribution in [3.63, 3.8) is 0 Å². The van der Waals surface area contributed by atoms with Crippen LogP contribution in [0.4, 0.5) is 6.01 Å². The van der Waals surface area contributed by atoms with Crippen LogP contribution in [-0.2, 0) is 6.54 Å². The molecule has 1 N–H and O–H groups in total. The van der Waals surface area contributed by atoms with Crippen LogP contribution in [-0.4, -0.2) is 19.1 Å². The lowest BCUT2D eigenvalue weighted by Gasteiger charge is -2.23. The molecule has 2 aromatic rings. The van der Waals surface area contributed by atoms with Gasteiger partial charge in [0, 0.05) is 18.6 Å². The molecule has 1 aromatic carbocycles. The highest BCUT2D eigenvalue weighted by Gasteiger charge is 2.16. The summed E-state index contributed by atoms with van der Waals surface area (Å²) in [5.41, 5.74) is 2.06. The highest BCUT2D eigenvalue weighted by atomic mass is 35.5. The molecule has 0 saturated carbocycles. The molecule has 102 valence electrons. The van der Waals surface area contributed by atoms with Gasteiger partial charge < -0.3 is 14.6 Å². The van der Waals surface area contributed by atoms with E-state index in [1.807, 2.05) is 43.3 Å². The zero-order valence-electron chi connectivity index (χ0n) is 11.4. The van der Waals surface area contributed by atoms with Crippen LogP contribution in [0.5, 0.6) is 0 Å². The van der Waals surface area contributed by atoms with Crippen molar-refractivity contribution in [3.8, 4) is 0 Å².